The first-order chi connectivity index (χ1) is 15.9. The molecule has 11 heteroatoms. The van der Waals surface area contributed by atoms with Crippen LogP contribution in [0.5, 0.6) is 5.75 Å². The molecule has 0 aliphatic carbocycles. The fraction of sp³-hybridized carbons (Fsp3) is 0.0909. The molecule has 33 heavy (non-hydrogen) atoms. The lowest BCUT2D eigenvalue weighted by Gasteiger charge is -2.10. The number of nitrogens with one attached hydrogen (secondary N) is 1. The van der Waals surface area contributed by atoms with Crippen LogP contribution in [0.1, 0.15) is 5.82 Å². The SMILES string of the molecule is COc1cnc2c(NCc3nnc4c(F)cc(-c5cc(F)c(F)c(F)c5)cn34)ccnc2c1. The minimum atomic E-state index is -1.59. The van der Waals surface area contributed by atoms with E-state index in [1.807, 2.05) is 0 Å². The van der Waals surface area contributed by atoms with Crippen LogP contribution < -0.4 is 10.1 Å². The van der Waals surface area contributed by atoms with Gasteiger partial charge in [-0.1, -0.05) is 0 Å². The Morgan fingerprint density at radius 3 is 2.45 bits per heavy atom. The van der Waals surface area contributed by atoms with Crippen molar-refractivity contribution in [3.63, 3.8) is 0 Å². The van der Waals surface area contributed by atoms with Crippen molar-refractivity contribution in [3.05, 3.63) is 78.0 Å². The average Bonchev–Trinajstić information content (AvgIpc) is 3.24. The van der Waals surface area contributed by atoms with E-state index in [2.05, 4.69) is 25.5 Å². The molecule has 4 heterocycles. The number of nitrogens with zero attached hydrogens (tertiary/aromatic N) is 5. The van der Waals surface area contributed by atoms with Gasteiger partial charge >= 0.3 is 0 Å². The number of fused-ring (bicyclic) bond motifs is 2. The monoisotopic (exact) mass is 454 g/mol. The third-order valence-electron chi connectivity index (χ3n) is 5.07. The third kappa shape index (κ3) is 3.67. The maximum Gasteiger partial charge on any atom is 0.196 e. The van der Waals surface area contributed by atoms with E-state index >= 15 is 0 Å². The Morgan fingerprint density at radius 2 is 1.70 bits per heavy atom. The van der Waals surface area contributed by atoms with Crippen molar-refractivity contribution in [1.29, 1.82) is 0 Å². The lowest BCUT2D eigenvalue weighted by Crippen LogP contribution is -2.06. The van der Waals surface area contributed by atoms with Crippen molar-refractivity contribution in [2.45, 2.75) is 6.54 Å². The Hall–Kier alpha value is -4.28. The Morgan fingerprint density at radius 1 is 0.939 bits per heavy atom. The average molecular weight is 454 g/mol. The molecule has 0 aliphatic rings. The quantitative estimate of drug-likeness (QED) is 0.311. The summed E-state index contributed by atoms with van der Waals surface area (Å²) in [6.07, 6.45) is 4.59. The van der Waals surface area contributed by atoms with Crippen LogP contribution in [0.3, 0.4) is 0 Å². The van der Waals surface area contributed by atoms with E-state index < -0.39 is 23.3 Å². The molecule has 0 spiro atoms. The highest BCUT2D eigenvalue weighted by molar-refractivity contribution is 5.87. The van der Waals surface area contributed by atoms with Crippen molar-refractivity contribution >= 4 is 22.4 Å². The van der Waals surface area contributed by atoms with Gasteiger partial charge < -0.3 is 10.1 Å². The second-order valence-corrected chi connectivity index (χ2v) is 7.10. The number of benzene rings is 1. The number of aromatic nitrogens is 5. The second-order valence-electron chi connectivity index (χ2n) is 7.10. The summed E-state index contributed by atoms with van der Waals surface area (Å²) in [5.74, 6) is -4.20. The van der Waals surface area contributed by atoms with Crippen molar-refractivity contribution < 1.29 is 22.3 Å². The first-order valence-corrected chi connectivity index (χ1v) is 9.65. The number of halogens is 4. The maximum absolute atomic E-state index is 14.6. The zero-order valence-corrected chi connectivity index (χ0v) is 17.0. The van der Waals surface area contributed by atoms with Crippen LogP contribution >= 0.6 is 0 Å². The van der Waals surface area contributed by atoms with Crippen LogP contribution in [0.15, 0.2) is 48.9 Å². The van der Waals surface area contributed by atoms with Crippen molar-refractivity contribution in [2.75, 3.05) is 12.4 Å². The molecule has 0 unspecified atom stereocenters. The molecule has 0 atom stereocenters. The minimum Gasteiger partial charge on any atom is -0.495 e. The fourth-order valence-corrected chi connectivity index (χ4v) is 3.44. The molecule has 1 aromatic carbocycles. The highest BCUT2D eigenvalue weighted by atomic mass is 19.2. The second kappa shape index (κ2) is 8.01. The molecule has 5 rings (SSSR count). The van der Waals surface area contributed by atoms with Crippen LogP contribution in [-0.4, -0.2) is 31.7 Å². The lowest BCUT2D eigenvalue weighted by molar-refractivity contribution is 0.413. The standard InChI is InChI=1S/C22H14F4N6O/c1-33-13-7-18-21(29-8-13)17(2-3-27-18)28-9-19-30-31-22-16(25)6-12(10-32(19)22)11-4-14(23)20(26)15(24)5-11/h2-8,10H,9H2,1H3,(H,27,28). The molecular formula is C22H14F4N6O. The van der Waals surface area contributed by atoms with Crippen molar-refractivity contribution in [1.82, 2.24) is 24.6 Å². The van der Waals surface area contributed by atoms with Gasteiger partial charge in [-0.15, -0.1) is 10.2 Å². The van der Waals surface area contributed by atoms with Crippen LogP contribution in [-0.2, 0) is 6.54 Å². The van der Waals surface area contributed by atoms with Crippen LogP contribution in [0.25, 0.3) is 27.8 Å². The van der Waals surface area contributed by atoms with Gasteiger partial charge in [0.25, 0.3) is 0 Å². The smallest absolute Gasteiger partial charge is 0.196 e. The van der Waals surface area contributed by atoms with E-state index in [-0.39, 0.29) is 23.3 Å². The molecule has 0 aliphatic heterocycles. The molecule has 5 aromatic rings. The Bertz CT molecular complexity index is 1500. The lowest BCUT2D eigenvalue weighted by atomic mass is 10.1. The van der Waals surface area contributed by atoms with Gasteiger partial charge in [0.2, 0.25) is 0 Å². The summed E-state index contributed by atoms with van der Waals surface area (Å²) >= 11 is 0. The highest BCUT2D eigenvalue weighted by Gasteiger charge is 2.16. The minimum absolute atomic E-state index is 0.0296. The van der Waals surface area contributed by atoms with Gasteiger partial charge in [0.1, 0.15) is 11.3 Å². The Balaban J connectivity index is 1.50. The molecule has 0 fully saturated rings. The molecule has 1 N–H and O–H groups in total. The molecule has 0 saturated carbocycles. The number of methoxy groups -OCH3 is 1. The predicted molar refractivity (Wildman–Crippen MR) is 112 cm³/mol. The predicted octanol–water partition coefficient (Wildman–Crippen LogP) is 4.52. The van der Waals surface area contributed by atoms with Crippen molar-refractivity contribution in [3.8, 4) is 16.9 Å². The van der Waals surface area contributed by atoms with E-state index in [1.165, 1.54) is 17.7 Å². The summed E-state index contributed by atoms with van der Waals surface area (Å²) in [5.41, 5.74) is 1.88. The number of anilines is 1. The van der Waals surface area contributed by atoms with Crippen LogP contribution in [0.4, 0.5) is 23.2 Å². The number of pyridine rings is 3. The van der Waals surface area contributed by atoms with Gasteiger partial charge in [-0.3, -0.25) is 9.38 Å². The van der Waals surface area contributed by atoms with E-state index in [0.29, 0.717) is 28.3 Å². The van der Waals surface area contributed by atoms with Gasteiger partial charge in [-0.2, -0.15) is 0 Å². The molecule has 7 nitrogen and oxygen atoms in total. The first-order valence-electron chi connectivity index (χ1n) is 9.65. The molecule has 0 bridgehead atoms. The summed E-state index contributed by atoms with van der Waals surface area (Å²) in [6.45, 7) is 0.128. The molecular weight excluding hydrogens is 440 g/mol. The molecule has 0 saturated heterocycles. The molecule has 0 amide bonds. The van der Waals surface area contributed by atoms with E-state index in [0.717, 1.165) is 18.2 Å². The van der Waals surface area contributed by atoms with Gasteiger partial charge in [-0.25, -0.2) is 22.5 Å². The topological polar surface area (TPSA) is 77.2 Å². The maximum atomic E-state index is 14.6. The largest absolute Gasteiger partial charge is 0.495 e. The van der Waals surface area contributed by atoms with Crippen molar-refractivity contribution in [2.24, 2.45) is 0 Å². The van der Waals surface area contributed by atoms with Gasteiger partial charge in [0, 0.05) is 24.0 Å². The third-order valence-corrected chi connectivity index (χ3v) is 5.07. The highest BCUT2D eigenvalue weighted by Crippen LogP contribution is 2.27. The summed E-state index contributed by atoms with van der Waals surface area (Å²) in [4.78, 5) is 8.62. The number of ether oxygens (including phenoxy) is 1. The van der Waals surface area contributed by atoms with Crippen LogP contribution in [0, 0.1) is 23.3 Å². The number of hydrogen-bond donors (Lipinski definition) is 1. The molecule has 166 valence electrons. The van der Waals surface area contributed by atoms with E-state index in [4.69, 9.17) is 4.74 Å². The summed E-state index contributed by atoms with van der Waals surface area (Å²) in [6, 6.07) is 6.11. The van der Waals surface area contributed by atoms with Gasteiger partial charge in [-0.05, 0) is 29.8 Å². The summed E-state index contributed by atoms with van der Waals surface area (Å²) in [7, 11) is 1.53. The van der Waals surface area contributed by atoms with Gasteiger partial charge in [0.05, 0.1) is 31.1 Å². The summed E-state index contributed by atoms with van der Waals surface area (Å²) < 4.78 is 61.8. The van der Waals surface area contributed by atoms with E-state index in [1.54, 1.807) is 24.5 Å². The molecule has 4 aromatic heterocycles. The zero-order valence-electron chi connectivity index (χ0n) is 17.0. The number of hydrogen-bond acceptors (Lipinski definition) is 6. The summed E-state index contributed by atoms with van der Waals surface area (Å²) in [5, 5.41) is 11.0. The normalized spacial score (nSPS) is 11.3. The fourth-order valence-electron chi connectivity index (χ4n) is 3.44. The zero-order chi connectivity index (χ0) is 23.1. The first kappa shape index (κ1) is 20.6. The number of rotatable bonds is 5. The Labute approximate surface area is 183 Å². The Kier molecular flexibility index (Phi) is 5.00. The molecule has 0 radical (unpaired) electrons. The van der Waals surface area contributed by atoms with E-state index in [9.17, 15) is 17.6 Å². The van der Waals surface area contributed by atoms with Gasteiger partial charge in [0.15, 0.2) is 34.7 Å². The van der Waals surface area contributed by atoms with Crippen LogP contribution in [0.2, 0.25) is 0 Å².